The average Bonchev–Trinajstić information content (AvgIpc) is 2.83. The molecule has 1 heterocycles. The number of carbonyl (C=O) groups is 1. The smallest absolute Gasteiger partial charge is 0.270 e. The highest BCUT2D eigenvalue weighted by atomic mass is 32.1. The van der Waals surface area contributed by atoms with Crippen LogP contribution >= 0.6 is 11.3 Å². The van der Waals surface area contributed by atoms with Crippen molar-refractivity contribution >= 4 is 22.4 Å². The molecule has 0 bridgehead atoms. The van der Waals surface area contributed by atoms with Crippen LogP contribution in [-0.2, 0) is 0 Å². The van der Waals surface area contributed by atoms with Crippen LogP contribution in [0.5, 0.6) is 0 Å². The van der Waals surface area contributed by atoms with E-state index in [9.17, 15) is 4.79 Å². The third-order valence-electron chi connectivity index (χ3n) is 2.81. The van der Waals surface area contributed by atoms with Gasteiger partial charge in [-0.05, 0) is 25.2 Å². The summed E-state index contributed by atoms with van der Waals surface area (Å²) in [6.07, 6.45) is 1.73. The Kier molecular flexibility index (Phi) is 6.24. The molecule has 5 nitrogen and oxygen atoms in total. The van der Waals surface area contributed by atoms with Gasteiger partial charge in [0.25, 0.3) is 5.91 Å². The minimum atomic E-state index is -0.137. The van der Waals surface area contributed by atoms with Crippen LogP contribution in [0.4, 0.5) is 5.13 Å². The summed E-state index contributed by atoms with van der Waals surface area (Å²) < 4.78 is 0. The summed E-state index contributed by atoms with van der Waals surface area (Å²) in [6.45, 7) is 7.58. The number of nitrogens with one attached hydrogen (secondary N) is 2. The molecule has 1 rings (SSSR count). The Labute approximate surface area is 118 Å². The zero-order chi connectivity index (χ0) is 14.3. The summed E-state index contributed by atoms with van der Waals surface area (Å²) in [5, 5.41) is 17.6. The molecule has 0 aliphatic carbocycles. The molecule has 0 aliphatic heterocycles. The molecule has 1 aromatic heterocycles. The maximum absolute atomic E-state index is 11.8. The molecule has 0 radical (unpaired) electrons. The first-order chi connectivity index (χ1) is 8.98. The topological polar surface area (TPSA) is 74.2 Å². The highest BCUT2D eigenvalue weighted by molar-refractivity contribution is 7.13. The fourth-order valence-electron chi connectivity index (χ4n) is 1.55. The van der Waals surface area contributed by atoms with Gasteiger partial charge in [0.05, 0.1) is 0 Å². The number of rotatable bonds is 8. The van der Waals surface area contributed by atoms with E-state index in [0.29, 0.717) is 12.2 Å². The lowest BCUT2D eigenvalue weighted by molar-refractivity contribution is 0.0944. The largest absolute Gasteiger partial charge is 0.396 e. The Bertz CT molecular complexity index is 404. The second-order valence-corrected chi connectivity index (χ2v) is 6.11. The SMILES string of the molecule is CCNc1nc(C(=O)NCCCC(C)(C)CO)cs1. The number of hydrogen-bond acceptors (Lipinski definition) is 5. The van der Waals surface area contributed by atoms with E-state index in [4.69, 9.17) is 5.11 Å². The third kappa shape index (κ3) is 5.57. The average molecular weight is 285 g/mol. The van der Waals surface area contributed by atoms with Crippen molar-refractivity contribution in [3.63, 3.8) is 0 Å². The molecule has 3 N–H and O–H groups in total. The first-order valence-electron chi connectivity index (χ1n) is 6.57. The van der Waals surface area contributed by atoms with Gasteiger partial charge in [0.15, 0.2) is 5.13 Å². The molecule has 108 valence electrons. The lowest BCUT2D eigenvalue weighted by Crippen LogP contribution is -2.26. The molecule has 0 spiro atoms. The maximum Gasteiger partial charge on any atom is 0.270 e. The molecule has 1 aromatic rings. The van der Waals surface area contributed by atoms with Gasteiger partial charge in [-0.1, -0.05) is 13.8 Å². The van der Waals surface area contributed by atoms with Gasteiger partial charge in [-0.15, -0.1) is 11.3 Å². The molecule has 6 heteroatoms. The number of nitrogens with zero attached hydrogens (tertiary/aromatic N) is 1. The van der Waals surface area contributed by atoms with Crippen molar-refractivity contribution in [1.29, 1.82) is 0 Å². The minimum Gasteiger partial charge on any atom is -0.396 e. The van der Waals surface area contributed by atoms with Crippen LogP contribution in [-0.4, -0.2) is 35.7 Å². The lowest BCUT2D eigenvalue weighted by atomic mass is 9.89. The van der Waals surface area contributed by atoms with Crippen LogP contribution in [0.3, 0.4) is 0 Å². The summed E-state index contributed by atoms with van der Waals surface area (Å²) >= 11 is 1.43. The number of thiazole rings is 1. The predicted octanol–water partition coefficient (Wildman–Crippen LogP) is 2.10. The highest BCUT2D eigenvalue weighted by Gasteiger charge is 2.16. The second kappa shape index (κ2) is 7.45. The Morgan fingerprint density at radius 1 is 1.53 bits per heavy atom. The van der Waals surface area contributed by atoms with E-state index < -0.39 is 0 Å². The number of aliphatic hydroxyl groups excluding tert-OH is 1. The number of aliphatic hydroxyl groups is 1. The van der Waals surface area contributed by atoms with Crippen molar-refractivity contribution in [1.82, 2.24) is 10.3 Å². The summed E-state index contributed by atoms with van der Waals surface area (Å²) in [4.78, 5) is 16.0. The molecule has 0 fully saturated rings. The van der Waals surface area contributed by atoms with E-state index in [0.717, 1.165) is 24.5 Å². The molecule has 0 aliphatic rings. The van der Waals surface area contributed by atoms with Gasteiger partial charge in [0, 0.05) is 25.1 Å². The quantitative estimate of drug-likeness (QED) is 0.640. The van der Waals surface area contributed by atoms with Crippen LogP contribution in [0.25, 0.3) is 0 Å². The maximum atomic E-state index is 11.8. The van der Waals surface area contributed by atoms with Crippen molar-refractivity contribution in [2.24, 2.45) is 5.41 Å². The number of carbonyl (C=O) groups excluding carboxylic acids is 1. The number of hydrogen-bond donors (Lipinski definition) is 3. The van der Waals surface area contributed by atoms with Crippen LogP contribution < -0.4 is 10.6 Å². The van der Waals surface area contributed by atoms with Gasteiger partial charge in [-0.2, -0.15) is 0 Å². The van der Waals surface area contributed by atoms with Gasteiger partial charge < -0.3 is 15.7 Å². The van der Waals surface area contributed by atoms with Gasteiger partial charge in [0.2, 0.25) is 0 Å². The van der Waals surface area contributed by atoms with Gasteiger partial charge >= 0.3 is 0 Å². The van der Waals surface area contributed by atoms with Crippen molar-refractivity contribution in [2.75, 3.05) is 25.0 Å². The highest BCUT2D eigenvalue weighted by Crippen LogP contribution is 2.20. The number of aromatic nitrogens is 1. The monoisotopic (exact) mass is 285 g/mol. The van der Waals surface area contributed by atoms with E-state index in [1.54, 1.807) is 5.38 Å². The predicted molar refractivity (Wildman–Crippen MR) is 78.7 cm³/mol. The third-order valence-corrected chi connectivity index (χ3v) is 3.61. The molecule has 1 amide bonds. The summed E-state index contributed by atoms with van der Waals surface area (Å²) in [6, 6.07) is 0. The van der Waals surface area contributed by atoms with Crippen molar-refractivity contribution < 1.29 is 9.90 Å². The second-order valence-electron chi connectivity index (χ2n) is 5.25. The van der Waals surface area contributed by atoms with E-state index in [2.05, 4.69) is 15.6 Å². The van der Waals surface area contributed by atoms with Crippen molar-refractivity contribution in [2.45, 2.75) is 33.6 Å². The Hall–Kier alpha value is -1.14. The Morgan fingerprint density at radius 2 is 2.26 bits per heavy atom. The normalized spacial score (nSPS) is 11.4. The van der Waals surface area contributed by atoms with Crippen LogP contribution in [0, 0.1) is 5.41 Å². The van der Waals surface area contributed by atoms with Crippen LogP contribution in [0.1, 0.15) is 44.1 Å². The summed E-state index contributed by atoms with van der Waals surface area (Å²) in [7, 11) is 0. The van der Waals surface area contributed by atoms with Crippen molar-refractivity contribution in [3.05, 3.63) is 11.1 Å². The Morgan fingerprint density at radius 3 is 2.89 bits per heavy atom. The lowest BCUT2D eigenvalue weighted by Gasteiger charge is -2.21. The number of anilines is 1. The first-order valence-corrected chi connectivity index (χ1v) is 7.45. The molecular formula is C13H23N3O2S. The molecular weight excluding hydrogens is 262 g/mol. The minimum absolute atomic E-state index is 0.0798. The van der Waals surface area contributed by atoms with E-state index in [1.807, 2.05) is 20.8 Å². The molecule has 0 unspecified atom stereocenters. The Balaban J connectivity index is 2.31. The molecule has 19 heavy (non-hydrogen) atoms. The molecule has 0 aromatic carbocycles. The van der Waals surface area contributed by atoms with Crippen LogP contribution in [0.15, 0.2) is 5.38 Å². The number of amides is 1. The summed E-state index contributed by atoms with van der Waals surface area (Å²) in [5.74, 6) is -0.137. The zero-order valence-electron chi connectivity index (χ0n) is 11.8. The molecule has 0 atom stereocenters. The van der Waals surface area contributed by atoms with Crippen LogP contribution in [0.2, 0.25) is 0 Å². The van der Waals surface area contributed by atoms with Gasteiger partial charge in [0.1, 0.15) is 5.69 Å². The van der Waals surface area contributed by atoms with Gasteiger partial charge in [-0.25, -0.2) is 4.98 Å². The fourth-order valence-corrected chi connectivity index (χ4v) is 2.31. The van der Waals surface area contributed by atoms with Crippen molar-refractivity contribution in [3.8, 4) is 0 Å². The molecule has 0 saturated carbocycles. The summed E-state index contributed by atoms with van der Waals surface area (Å²) in [5.41, 5.74) is 0.381. The van der Waals surface area contributed by atoms with E-state index in [1.165, 1.54) is 11.3 Å². The fraction of sp³-hybridized carbons (Fsp3) is 0.692. The first kappa shape index (κ1) is 15.9. The van der Waals surface area contributed by atoms with Gasteiger partial charge in [-0.3, -0.25) is 4.79 Å². The molecule has 0 saturated heterocycles. The van der Waals surface area contributed by atoms with E-state index in [-0.39, 0.29) is 17.9 Å². The standard InChI is InChI=1S/C13H23N3O2S/c1-4-14-12-16-10(8-19-12)11(18)15-7-5-6-13(2,3)9-17/h8,17H,4-7,9H2,1-3H3,(H,14,16)(H,15,18). The zero-order valence-corrected chi connectivity index (χ0v) is 12.6. The van der Waals surface area contributed by atoms with E-state index >= 15 is 0 Å².